The van der Waals surface area contributed by atoms with Gasteiger partial charge >= 0.3 is 0 Å². The van der Waals surface area contributed by atoms with Crippen LogP contribution in [-0.2, 0) is 0 Å². The molecule has 0 bridgehead atoms. The van der Waals surface area contributed by atoms with Crippen LogP contribution in [0.3, 0.4) is 0 Å². The van der Waals surface area contributed by atoms with E-state index < -0.39 is 4.92 Å². The molecule has 0 unspecified atom stereocenters. The van der Waals surface area contributed by atoms with Crippen LogP contribution in [0.25, 0.3) is 0 Å². The molecule has 0 fully saturated rings. The van der Waals surface area contributed by atoms with Crippen LogP contribution in [0.1, 0.15) is 15.9 Å². The average molecular weight is 270 g/mol. The number of nitrogens with zero attached hydrogens (tertiary/aromatic N) is 2. The lowest BCUT2D eigenvalue weighted by Crippen LogP contribution is -2.11. The van der Waals surface area contributed by atoms with Gasteiger partial charge in [0.15, 0.2) is 6.29 Å². The fourth-order valence-corrected chi connectivity index (χ4v) is 1.96. The number of rotatable bonds is 4. The molecule has 102 valence electrons. The SMILES string of the molecule is Cc1ccc(N(C)c2ccc([N+](=O)[O-])cc2C=O)cc1. The van der Waals surface area contributed by atoms with Crippen molar-refractivity contribution >= 4 is 23.3 Å². The van der Waals surface area contributed by atoms with Gasteiger partial charge in [0.05, 0.1) is 10.6 Å². The van der Waals surface area contributed by atoms with Gasteiger partial charge in [0.1, 0.15) is 0 Å². The first-order valence-corrected chi connectivity index (χ1v) is 6.07. The molecule has 20 heavy (non-hydrogen) atoms. The maximum Gasteiger partial charge on any atom is 0.270 e. The van der Waals surface area contributed by atoms with Crippen molar-refractivity contribution in [1.82, 2.24) is 0 Å². The minimum atomic E-state index is -0.511. The molecule has 0 N–H and O–H groups in total. The minimum Gasteiger partial charge on any atom is -0.344 e. The van der Waals surface area contributed by atoms with Gasteiger partial charge in [-0.05, 0) is 25.1 Å². The Bertz CT molecular complexity index is 651. The molecule has 5 heteroatoms. The number of non-ortho nitro benzene ring substituents is 1. The number of hydrogen-bond donors (Lipinski definition) is 0. The first kappa shape index (κ1) is 13.7. The maximum atomic E-state index is 11.1. The zero-order valence-corrected chi connectivity index (χ0v) is 11.2. The summed E-state index contributed by atoms with van der Waals surface area (Å²) in [4.78, 5) is 23.2. The van der Waals surface area contributed by atoms with Crippen LogP contribution < -0.4 is 4.90 Å². The smallest absolute Gasteiger partial charge is 0.270 e. The molecule has 0 heterocycles. The summed E-state index contributed by atoms with van der Waals surface area (Å²) < 4.78 is 0. The highest BCUT2D eigenvalue weighted by Gasteiger charge is 2.14. The van der Waals surface area contributed by atoms with Gasteiger partial charge in [0.2, 0.25) is 0 Å². The highest BCUT2D eigenvalue weighted by atomic mass is 16.6. The Hall–Kier alpha value is -2.69. The summed E-state index contributed by atoms with van der Waals surface area (Å²) in [6.45, 7) is 1.99. The second kappa shape index (κ2) is 5.52. The fourth-order valence-electron chi connectivity index (χ4n) is 1.96. The third kappa shape index (κ3) is 2.66. The van der Waals surface area contributed by atoms with Gasteiger partial charge in [0.25, 0.3) is 5.69 Å². The lowest BCUT2D eigenvalue weighted by atomic mass is 10.1. The Kier molecular flexibility index (Phi) is 3.79. The molecular formula is C15H14N2O3. The zero-order valence-electron chi connectivity index (χ0n) is 11.2. The van der Waals surface area contributed by atoms with E-state index in [1.165, 1.54) is 12.1 Å². The third-order valence-electron chi connectivity index (χ3n) is 3.13. The van der Waals surface area contributed by atoms with Crippen LogP contribution in [0.2, 0.25) is 0 Å². The molecular weight excluding hydrogens is 256 g/mol. The molecule has 2 rings (SSSR count). The van der Waals surface area contributed by atoms with Crippen LogP contribution in [0, 0.1) is 17.0 Å². The molecule has 5 nitrogen and oxygen atoms in total. The van der Waals surface area contributed by atoms with E-state index in [-0.39, 0.29) is 5.69 Å². The second-order valence-electron chi connectivity index (χ2n) is 4.51. The number of hydrogen-bond acceptors (Lipinski definition) is 4. The molecule has 0 aliphatic rings. The van der Waals surface area contributed by atoms with Gasteiger partial charge in [-0.15, -0.1) is 0 Å². The van der Waals surface area contributed by atoms with Crippen molar-refractivity contribution in [2.45, 2.75) is 6.92 Å². The van der Waals surface area contributed by atoms with Gasteiger partial charge in [-0.2, -0.15) is 0 Å². The van der Waals surface area contributed by atoms with E-state index in [9.17, 15) is 14.9 Å². The van der Waals surface area contributed by atoms with Crippen molar-refractivity contribution in [2.75, 3.05) is 11.9 Å². The van der Waals surface area contributed by atoms with E-state index >= 15 is 0 Å². The molecule has 2 aromatic carbocycles. The molecule has 2 aromatic rings. The van der Waals surface area contributed by atoms with Crippen molar-refractivity contribution in [3.05, 3.63) is 63.7 Å². The maximum absolute atomic E-state index is 11.1. The summed E-state index contributed by atoms with van der Waals surface area (Å²) in [5.41, 5.74) is 2.89. The number of carbonyl (C=O) groups excluding carboxylic acids is 1. The van der Waals surface area contributed by atoms with Crippen molar-refractivity contribution < 1.29 is 9.72 Å². The largest absolute Gasteiger partial charge is 0.344 e. The lowest BCUT2D eigenvalue weighted by Gasteiger charge is -2.21. The number of nitro benzene ring substituents is 1. The van der Waals surface area contributed by atoms with Gasteiger partial charge in [-0.25, -0.2) is 0 Å². The zero-order chi connectivity index (χ0) is 14.7. The second-order valence-corrected chi connectivity index (χ2v) is 4.51. The quantitative estimate of drug-likeness (QED) is 0.484. The Balaban J connectivity index is 2.43. The summed E-state index contributed by atoms with van der Waals surface area (Å²) in [7, 11) is 1.82. The molecule has 0 radical (unpaired) electrons. The summed E-state index contributed by atoms with van der Waals surface area (Å²) >= 11 is 0. The molecule has 0 saturated heterocycles. The molecule has 0 aliphatic heterocycles. The minimum absolute atomic E-state index is 0.0897. The number of benzene rings is 2. The highest BCUT2D eigenvalue weighted by molar-refractivity contribution is 5.87. The van der Waals surface area contributed by atoms with Crippen molar-refractivity contribution in [1.29, 1.82) is 0 Å². The number of aldehydes is 1. The first-order chi connectivity index (χ1) is 9.52. The number of nitro groups is 1. The van der Waals surface area contributed by atoms with Crippen LogP contribution in [0.5, 0.6) is 0 Å². The van der Waals surface area contributed by atoms with Crippen molar-refractivity contribution in [2.24, 2.45) is 0 Å². The van der Waals surface area contributed by atoms with E-state index in [0.29, 0.717) is 17.5 Å². The summed E-state index contributed by atoms with van der Waals surface area (Å²) in [6, 6.07) is 12.1. The third-order valence-corrected chi connectivity index (χ3v) is 3.13. The molecule has 0 spiro atoms. The topological polar surface area (TPSA) is 63.4 Å². The van der Waals surface area contributed by atoms with Gasteiger partial charge in [-0.1, -0.05) is 17.7 Å². The van der Waals surface area contributed by atoms with Crippen LogP contribution in [0.15, 0.2) is 42.5 Å². The predicted octanol–water partition coefficient (Wildman–Crippen LogP) is 3.48. The Morgan fingerprint density at radius 1 is 1.15 bits per heavy atom. The molecule has 0 amide bonds. The molecule has 0 atom stereocenters. The van der Waals surface area contributed by atoms with Crippen LogP contribution in [-0.4, -0.2) is 18.3 Å². The monoisotopic (exact) mass is 270 g/mol. The Morgan fingerprint density at radius 2 is 1.80 bits per heavy atom. The Morgan fingerprint density at radius 3 is 2.35 bits per heavy atom. The van der Waals surface area contributed by atoms with E-state index in [1.54, 1.807) is 6.07 Å². The predicted molar refractivity (Wildman–Crippen MR) is 77.7 cm³/mol. The molecule has 0 aromatic heterocycles. The lowest BCUT2D eigenvalue weighted by molar-refractivity contribution is -0.384. The van der Waals surface area contributed by atoms with E-state index in [0.717, 1.165) is 11.3 Å². The van der Waals surface area contributed by atoms with Gasteiger partial charge < -0.3 is 4.90 Å². The van der Waals surface area contributed by atoms with Crippen molar-refractivity contribution in [3.63, 3.8) is 0 Å². The molecule has 0 saturated carbocycles. The summed E-state index contributed by atoms with van der Waals surface area (Å²) in [5, 5.41) is 10.7. The Labute approximate surface area is 116 Å². The normalized spacial score (nSPS) is 10.1. The van der Waals surface area contributed by atoms with E-state index in [2.05, 4.69) is 0 Å². The fraction of sp³-hybridized carbons (Fsp3) is 0.133. The summed E-state index contributed by atoms with van der Waals surface area (Å²) in [6.07, 6.45) is 0.632. The molecule has 0 aliphatic carbocycles. The van der Waals surface area contributed by atoms with Crippen LogP contribution in [0.4, 0.5) is 17.1 Å². The number of anilines is 2. The number of aryl methyl sites for hydroxylation is 1. The highest BCUT2D eigenvalue weighted by Crippen LogP contribution is 2.29. The van der Waals surface area contributed by atoms with Gasteiger partial charge in [0, 0.05) is 30.4 Å². The van der Waals surface area contributed by atoms with Gasteiger partial charge in [-0.3, -0.25) is 14.9 Å². The average Bonchev–Trinajstić information content (AvgIpc) is 2.46. The number of carbonyl (C=O) groups is 1. The first-order valence-electron chi connectivity index (χ1n) is 6.07. The standard InChI is InChI=1S/C15H14N2O3/c1-11-3-5-13(6-4-11)16(2)15-8-7-14(17(19)20)9-12(15)10-18/h3-10H,1-2H3. The summed E-state index contributed by atoms with van der Waals surface area (Å²) in [5.74, 6) is 0. The van der Waals surface area contributed by atoms with E-state index in [4.69, 9.17) is 0 Å². The van der Waals surface area contributed by atoms with Crippen molar-refractivity contribution in [3.8, 4) is 0 Å². The van der Waals surface area contributed by atoms with E-state index in [1.807, 2.05) is 43.1 Å². The van der Waals surface area contributed by atoms with Crippen LogP contribution >= 0.6 is 0 Å².